The highest BCUT2D eigenvalue weighted by Crippen LogP contribution is 2.22. The summed E-state index contributed by atoms with van der Waals surface area (Å²) in [7, 11) is 3.56. The predicted molar refractivity (Wildman–Crippen MR) is 70.6 cm³/mol. The van der Waals surface area contributed by atoms with Gasteiger partial charge in [0, 0.05) is 26.1 Å². The van der Waals surface area contributed by atoms with Gasteiger partial charge in [-0.1, -0.05) is 0 Å². The standard InChI is InChI=1S/C13H19N3O2/c1-13(17,8-14)7-12-15-10-6-9(18-3)4-5-11(10)16(12)2/h4-6,17H,7-8,14H2,1-3H3. The molecule has 18 heavy (non-hydrogen) atoms. The van der Waals surface area contributed by atoms with E-state index in [0.717, 1.165) is 22.6 Å². The van der Waals surface area contributed by atoms with Gasteiger partial charge in [-0.15, -0.1) is 0 Å². The van der Waals surface area contributed by atoms with Crippen LogP contribution in [0, 0.1) is 0 Å². The van der Waals surface area contributed by atoms with E-state index < -0.39 is 5.60 Å². The molecule has 98 valence electrons. The summed E-state index contributed by atoms with van der Waals surface area (Å²) in [6, 6.07) is 5.74. The van der Waals surface area contributed by atoms with Gasteiger partial charge in [-0.05, 0) is 19.1 Å². The first-order valence-corrected chi connectivity index (χ1v) is 5.88. The minimum atomic E-state index is -0.931. The van der Waals surface area contributed by atoms with Crippen LogP contribution in [-0.4, -0.2) is 33.9 Å². The van der Waals surface area contributed by atoms with Gasteiger partial charge in [0.2, 0.25) is 0 Å². The molecule has 0 aliphatic heterocycles. The van der Waals surface area contributed by atoms with Gasteiger partial charge in [0.25, 0.3) is 0 Å². The normalized spacial score (nSPS) is 14.7. The molecule has 2 rings (SSSR count). The van der Waals surface area contributed by atoms with E-state index in [9.17, 15) is 5.11 Å². The lowest BCUT2D eigenvalue weighted by Gasteiger charge is -2.20. The van der Waals surface area contributed by atoms with E-state index in [1.54, 1.807) is 14.0 Å². The summed E-state index contributed by atoms with van der Waals surface area (Å²) in [5.74, 6) is 1.59. The minimum Gasteiger partial charge on any atom is -0.497 e. The van der Waals surface area contributed by atoms with Gasteiger partial charge >= 0.3 is 0 Å². The Labute approximate surface area is 106 Å². The number of benzene rings is 1. The fourth-order valence-corrected chi connectivity index (χ4v) is 1.93. The van der Waals surface area contributed by atoms with Crippen LogP contribution < -0.4 is 10.5 Å². The molecular weight excluding hydrogens is 230 g/mol. The van der Waals surface area contributed by atoms with Crippen molar-refractivity contribution in [2.45, 2.75) is 18.9 Å². The van der Waals surface area contributed by atoms with Crippen LogP contribution in [0.25, 0.3) is 11.0 Å². The fraction of sp³-hybridized carbons (Fsp3) is 0.462. The van der Waals surface area contributed by atoms with Crippen LogP contribution >= 0.6 is 0 Å². The van der Waals surface area contributed by atoms with E-state index in [-0.39, 0.29) is 6.54 Å². The third kappa shape index (κ3) is 2.32. The molecule has 1 aromatic heterocycles. The molecule has 0 spiro atoms. The van der Waals surface area contributed by atoms with Crippen molar-refractivity contribution in [3.8, 4) is 5.75 Å². The molecule has 0 fully saturated rings. The van der Waals surface area contributed by atoms with Crippen LogP contribution in [0.1, 0.15) is 12.7 Å². The monoisotopic (exact) mass is 249 g/mol. The molecule has 0 aliphatic rings. The summed E-state index contributed by atoms with van der Waals surface area (Å²) in [4.78, 5) is 4.52. The van der Waals surface area contributed by atoms with Crippen molar-refractivity contribution in [3.05, 3.63) is 24.0 Å². The minimum absolute atomic E-state index is 0.208. The lowest BCUT2D eigenvalue weighted by molar-refractivity contribution is 0.0670. The van der Waals surface area contributed by atoms with E-state index >= 15 is 0 Å². The van der Waals surface area contributed by atoms with Gasteiger partial charge in [-0.3, -0.25) is 0 Å². The third-order valence-corrected chi connectivity index (χ3v) is 3.16. The summed E-state index contributed by atoms with van der Waals surface area (Å²) >= 11 is 0. The third-order valence-electron chi connectivity index (χ3n) is 3.16. The quantitative estimate of drug-likeness (QED) is 0.842. The molecule has 1 unspecified atom stereocenters. The topological polar surface area (TPSA) is 73.3 Å². The smallest absolute Gasteiger partial charge is 0.121 e. The average Bonchev–Trinajstić information content (AvgIpc) is 2.65. The number of nitrogens with two attached hydrogens (primary N) is 1. The summed E-state index contributed by atoms with van der Waals surface area (Å²) in [6.45, 7) is 1.92. The molecule has 5 heteroatoms. The van der Waals surface area contributed by atoms with Gasteiger partial charge in [0.1, 0.15) is 11.6 Å². The van der Waals surface area contributed by atoms with E-state index in [0.29, 0.717) is 6.42 Å². The Morgan fingerprint density at radius 2 is 2.22 bits per heavy atom. The zero-order valence-corrected chi connectivity index (χ0v) is 11.0. The Balaban J connectivity index is 2.44. The van der Waals surface area contributed by atoms with Crippen LogP contribution in [0.5, 0.6) is 5.75 Å². The number of nitrogens with zero attached hydrogens (tertiary/aromatic N) is 2. The summed E-state index contributed by atoms with van der Waals surface area (Å²) in [5.41, 5.74) is 6.48. The van der Waals surface area contributed by atoms with Crippen molar-refractivity contribution in [2.24, 2.45) is 12.8 Å². The Morgan fingerprint density at radius 3 is 2.83 bits per heavy atom. The van der Waals surface area contributed by atoms with Gasteiger partial charge in [0.15, 0.2) is 0 Å². The van der Waals surface area contributed by atoms with Crippen LogP contribution in [0.15, 0.2) is 18.2 Å². The summed E-state index contributed by atoms with van der Waals surface area (Å²) in [6.07, 6.45) is 0.428. The van der Waals surface area contributed by atoms with Crippen LogP contribution in [0.2, 0.25) is 0 Å². The Bertz CT molecular complexity index is 561. The number of aryl methyl sites for hydroxylation is 1. The number of imidazole rings is 1. The van der Waals surface area contributed by atoms with E-state index in [4.69, 9.17) is 10.5 Å². The second-order valence-electron chi connectivity index (χ2n) is 4.82. The van der Waals surface area contributed by atoms with Crippen molar-refractivity contribution < 1.29 is 9.84 Å². The number of hydrogen-bond acceptors (Lipinski definition) is 4. The van der Waals surface area contributed by atoms with Crippen LogP contribution in [0.4, 0.5) is 0 Å². The molecule has 1 aromatic carbocycles. The maximum atomic E-state index is 10.0. The first kappa shape index (κ1) is 12.9. The molecule has 3 N–H and O–H groups in total. The molecule has 1 heterocycles. The van der Waals surface area contributed by atoms with E-state index in [1.807, 2.05) is 29.8 Å². The van der Waals surface area contributed by atoms with Crippen molar-refractivity contribution >= 4 is 11.0 Å². The van der Waals surface area contributed by atoms with Crippen molar-refractivity contribution in [2.75, 3.05) is 13.7 Å². The fourth-order valence-electron chi connectivity index (χ4n) is 1.93. The van der Waals surface area contributed by atoms with Crippen LogP contribution in [-0.2, 0) is 13.5 Å². The zero-order chi connectivity index (χ0) is 13.3. The molecule has 0 bridgehead atoms. The second kappa shape index (κ2) is 4.59. The summed E-state index contributed by atoms with van der Waals surface area (Å²) in [5, 5.41) is 10.0. The van der Waals surface area contributed by atoms with Crippen molar-refractivity contribution in [1.29, 1.82) is 0 Å². The SMILES string of the molecule is COc1ccc2c(c1)nc(CC(C)(O)CN)n2C. The molecule has 0 radical (unpaired) electrons. The molecule has 0 amide bonds. The number of ether oxygens (including phenoxy) is 1. The van der Waals surface area contributed by atoms with Gasteiger partial charge in [-0.2, -0.15) is 0 Å². The highest BCUT2D eigenvalue weighted by Gasteiger charge is 2.22. The van der Waals surface area contributed by atoms with Gasteiger partial charge in [0.05, 0.1) is 23.7 Å². The number of aliphatic hydroxyl groups is 1. The Kier molecular flexibility index (Phi) is 3.28. The van der Waals surface area contributed by atoms with Crippen molar-refractivity contribution in [1.82, 2.24) is 9.55 Å². The number of fused-ring (bicyclic) bond motifs is 1. The van der Waals surface area contributed by atoms with Crippen LogP contribution in [0.3, 0.4) is 0 Å². The van der Waals surface area contributed by atoms with Gasteiger partial charge in [-0.25, -0.2) is 4.98 Å². The molecule has 0 saturated heterocycles. The lowest BCUT2D eigenvalue weighted by Crippen LogP contribution is -2.37. The molecular formula is C13H19N3O2. The highest BCUT2D eigenvalue weighted by molar-refractivity contribution is 5.77. The highest BCUT2D eigenvalue weighted by atomic mass is 16.5. The first-order chi connectivity index (χ1) is 8.46. The van der Waals surface area contributed by atoms with Gasteiger partial charge < -0.3 is 20.1 Å². The molecule has 2 aromatic rings. The number of methoxy groups -OCH3 is 1. The first-order valence-electron chi connectivity index (χ1n) is 5.88. The molecule has 0 saturated carbocycles. The lowest BCUT2D eigenvalue weighted by atomic mass is 10.0. The predicted octanol–water partition coefficient (Wildman–Crippen LogP) is 0.834. The van der Waals surface area contributed by atoms with E-state index in [1.165, 1.54) is 0 Å². The summed E-state index contributed by atoms with van der Waals surface area (Å²) < 4.78 is 7.15. The number of rotatable bonds is 4. The zero-order valence-electron chi connectivity index (χ0n) is 11.0. The maximum absolute atomic E-state index is 10.0. The second-order valence-corrected chi connectivity index (χ2v) is 4.82. The molecule has 0 aliphatic carbocycles. The number of aromatic nitrogens is 2. The largest absolute Gasteiger partial charge is 0.497 e. The number of hydrogen-bond donors (Lipinski definition) is 2. The van der Waals surface area contributed by atoms with E-state index in [2.05, 4.69) is 4.98 Å². The average molecular weight is 249 g/mol. The Hall–Kier alpha value is -1.59. The Morgan fingerprint density at radius 1 is 1.50 bits per heavy atom. The molecule has 5 nitrogen and oxygen atoms in total. The molecule has 1 atom stereocenters. The maximum Gasteiger partial charge on any atom is 0.121 e. The van der Waals surface area contributed by atoms with Crippen molar-refractivity contribution in [3.63, 3.8) is 0 Å².